The number of carbonyl (C=O) groups is 2. The third-order valence-corrected chi connectivity index (χ3v) is 3.44. The number of rotatable bonds is 6. The van der Waals surface area contributed by atoms with Crippen LogP contribution in [0.3, 0.4) is 0 Å². The van der Waals surface area contributed by atoms with Gasteiger partial charge in [0.2, 0.25) is 5.91 Å². The van der Waals surface area contributed by atoms with Gasteiger partial charge in [-0.05, 0) is 37.5 Å². The van der Waals surface area contributed by atoms with Crippen molar-refractivity contribution in [1.29, 1.82) is 0 Å². The van der Waals surface area contributed by atoms with Gasteiger partial charge in [0.15, 0.2) is 0 Å². The van der Waals surface area contributed by atoms with E-state index in [2.05, 4.69) is 10.6 Å². The Balaban J connectivity index is 2.72. The van der Waals surface area contributed by atoms with E-state index in [0.717, 1.165) is 5.56 Å². The molecule has 0 fully saturated rings. The SMILES string of the molecule is CCOC(=O)NC(C(=O)NC(C)c1cccc(Cl)c1)C(C)C. The average Bonchev–Trinajstić information content (AvgIpc) is 2.44. The molecular weight excluding hydrogens is 304 g/mol. The van der Waals surface area contributed by atoms with Crippen molar-refractivity contribution in [2.45, 2.75) is 39.8 Å². The highest BCUT2D eigenvalue weighted by molar-refractivity contribution is 6.30. The number of alkyl carbamates (subject to hydrolysis) is 1. The second kappa shape index (κ2) is 8.63. The van der Waals surface area contributed by atoms with Gasteiger partial charge in [-0.15, -0.1) is 0 Å². The largest absolute Gasteiger partial charge is 0.450 e. The van der Waals surface area contributed by atoms with Gasteiger partial charge in [0.05, 0.1) is 12.6 Å². The van der Waals surface area contributed by atoms with Crippen molar-refractivity contribution in [2.75, 3.05) is 6.61 Å². The highest BCUT2D eigenvalue weighted by Gasteiger charge is 2.26. The van der Waals surface area contributed by atoms with Gasteiger partial charge in [-0.2, -0.15) is 0 Å². The topological polar surface area (TPSA) is 67.4 Å². The molecule has 5 nitrogen and oxygen atoms in total. The predicted molar refractivity (Wildman–Crippen MR) is 86.8 cm³/mol. The molecule has 22 heavy (non-hydrogen) atoms. The average molecular weight is 327 g/mol. The van der Waals surface area contributed by atoms with E-state index in [4.69, 9.17) is 16.3 Å². The van der Waals surface area contributed by atoms with E-state index in [9.17, 15) is 9.59 Å². The van der Waals surface area contributed by atoms with Crippen LogP contribution in [0.2, 0.25) is 5.02 Å². The van der Waals surface area contributed by atoms with Crippen LogP contribution >= 0.6 is 11.6 Å². The highest BCUT2D eigenvalue weighted by atomic mass is 35.5. The Bertz CT molecular complexity index is 520. The highest BCUT2D eigenvalue weighted by Crippen LogP contribution is 2.17. The van der Waals surface area contributed by atoms with Crippen molar-refractivity contribution < 1.29 is 14.3 Å². The van der Waals surface area contributed by atoms with Crippen molar-refractivity contribution in [1.82, 2.24) is 10.6 Å². The Morgan fingerprint density at radius 2 is 1.91 bits per heavy atom. The zero-order valence-electron chi connectivity index (χ0n) is 13.4. The first-order valence-corrected chi connectivity index (χ1v) is 7.72. The molecule has 2 atom stereocenters. The van der Waals surface area contributed by atoms with Crippen molar-refractivity contribution >= 4 is 23.6 Å². The zero-order valence-corrected chi connectivity index (χ0v) is 14.1. The minimum atomic E-state index is -0.652. The van der Waals surface area contributed by atoms with Gasteiger partial charge in [0.25, 0.3) is 0 Å². The summed E-state index contributed by atoms with van der Waals surface area (Å²) in [5, 5.41) is 6.09. The smallest absolute Gasteiger partial charge is 0.407 e. The Kier molecular flexibility index (Phi) is 7.18. The maximum absolute atomic E-state index is 12.4. The lowest BCUT2D eigenvalue weighted by Crippen LogP contribution is -2.50. The number of amides is 2. The van der Waals surface area contributed by atoms with E-state index in [1.165, 1.54) is 0 Å². The monoisotopic (exact) mass is 326 g/mol. The number of nitrogens with one attached hydrogen (secondary N) is 2. The molecule has 0 aliphatic rings. The molecule has 0 aromatic heterocycles. The summed E-state index contributed by atoms with van der Waals surface area (Å²) in [5.74, 6) is -0.313. The van der Waals surface area contributed by atoms with E-state index >= 15 is 0 Å². The van der Waals surface area contributed by atoms with Gasteiger partial charge in [-0.25, -0.2) is 4.79 Å². The van der Waals surface area contributed by atoms with Gasteiger partial charge < -0.3 is 15.4 Å². The molecule has 6 heteroatoms. The fourth-order valence-electron chi connectivity index (χ4n) is 2.00. The number of carbonyl (C=O) groups excluding carboxylic acids is 2. The fraction of sp³-hybridized carbons (Fsp3) is 0.500. The second-order valence-electron chi connectivity index (χ2n) is 5.37. The maximum Gasteiger partial charge on any atom is 0.407 e. The molecule has 122 valence electrons. The Morgan fingerprint density at radius 3 is 2.45 bits per heavy atom. The molecule has 2 amide bonds. The quantitative estimate of drug-likeness (QED) is 0.843. The molecular formula is C16H23ClN2O3. The number of ether oxygens (including phenoxy) is 1. The molecule has 0 bridgehead atoms. The Hall–Kier alpha value is -1.75. The molecule has 2 unspecified atom stereocenters. The lowest BCUT2D eigenvalue weighted by atomic mass is 10.0. The molecule has 0 spiro atoms. The van der Waals surface area contributed by atoms with Crippen LogP contribution in [-0.2, 0) is 9.53 Å². The Labute approximate surface area is 136 Å². The van der Waals surface area contributed by atoms with Gasteiger partial charge in [0, 0.05) is 5.02 Å². The Morgan fingerprint density at radius 1 is 1.23 bits per heavy atom. The van der Waals surface area contributed by atoms with Gasteiger partial charge >= 0.3 is 6.09 Å². The number of halogens is 1. The lowest BCUT2D eigenvalue weighted by molar-refractivity contribution is -0.124. The van der Waals surface area contributed by atoms with Crippen LogP contribution in [0.4, 0.5) is 4.79 Å². The summed E-state index contributed by atoms with van der Waals surface area (Å²) in [6, 6.07) is 6.43. The maximum atomic E-state index is 12.4. The first-order chi connectivity index (χ1) is 10.3. The summed E-state index contributed by atoms with van der Waals surface area (Å²) in [5.41, 5.74) is 0.902. The minimum Gasteiger partial charge on any atom is -0.450 e. The molecule has 0 saturated carbocycles. The lowest BCUT2D eigenvalue weighted by Gasteiger charge is -2.24. The number of hydrogen-bond acceptors (Lipinski definition) is 3. The molecule has 0 saturated heterocycles. The van der Waals surface area contributed by atoms with Gasteiger partial charge in [-0.1, -0.05) is 37.6 Å². The van der Waals surface area contributed by atoms with Crippen LogP contribution in [0.15, 0.2) is 24.3 Å². The first kappa shape index (κ1) is 18.3. The van der Waals surface area contributed by atoms with E-state index in [0.29, 0.717) is 5.02 Å². The van der Waals surface area contributed by atoms with Crippen molar-refractivity contribution in [2.24, 2.45) is 5.92 Å². The number of benzene rings is 1. The van der Waals surface area contributed by atoms with Crippen LogP contribution in [0.1, 0.15) is 39.3 Å². The van der Waals surface area contributed by atoms with Gasteiger partial charge in [-0.3, -0.25) is 4.79 Å². The van der Waals surface area contributed by atoms with E-state index in [1.807, 2.05) is 32.9 Å². The van der Waals surface area contributed by atoms with Crippen molar-refractivity contribution in [3.8, 4) is 0 Å². The first-order valence-electron chi connectivity index (χ1n) is 7.34. The van der Waals surface area contributed by atoms with Crippen LogP contribution in [0.5, 0.6) is 0 Å². The molecule has 2 N–H and O–H groups in total. The van der Waals surface area contributed by atoms with E-state index in [-0.39, 0.29) is 24.5 Å². The van der Waals surface area contributed by atoms with Gasteiger partial charge in [0.1, 0.15) is 6.04 Å². The third kappa shape index (κ3) is 5.56. The normalized spacial score (nSPS) is 13.4. The summed E-state index contributed by atoms with van der Waals surface area (Å²) in [6.45, 7) is 7.56. The fourth-order valence-corrected chi connectivity index (χ4v) is 2.20. The molecule has 0 heterocycles. The molecule has 1 aromatic carbocycles. The zero-order chi connectivity index (χ0) is 16.7. The summed E-state index contributed by atoms with van der Waals surface area (Å²) < 4.78 is 4.83. The standard InChI is InChI=1S/C16H23ClN2O3/c1-5-22-16(21)19-14(10(2)3)15(20)18-11(4)12-7-6-8-13(17)9-12/h6-11,14H,5H2,1-4H3,(H,18,20)(H,19,21). The van der Waals surface area contributed by atoms with E-state index in [1.54, 1.807) is 19.1 Å². The van der Waals surface area contributed by atoms with Crippen LogP contribution in [0.25, 0.3) is 0 Å². The molecule has 0 aliphatic carbocycles. The molecule has 1 aromatic rings. The van der Waals surface area contributed by atoms with Crippen molar-refractivity contribution in [3.63, 3.8) is 0 Å². The second-order valence-corrected chi connectivity index (χ2v) is 5.81. The number of hydrogen-bond donors (Lipinski definition) is 2. The molecule has 1 rings (SSSR count). The summed E-state index contributed by atoms with van der Waals surface area (Å²) in [6.07, 6.45) is -0.591. The molecule has 0 radical (unpaired) electrons. The molecule has 0 aliphatic heterocycles. The van der Waals surface area contributed by atoms with Crippen LogP contribution in [0, 0.1) is 5.92 Å². The van der Waals surface area contributed by atoms with Crippen molar-refractivity contribution in [3.05, 3.63) is 34.9 Å². The van der Waals surface area contributed by atoms with Crippen LogP contribution in [-0.4, -0.2) is 24.6 Å². The predicted octanol–water partition coefficient (Wildman–Crippen LogP) is 3.29. The van der Waals surface area contributed by atoms with Crippen LogP contribution < -0.4 is 10.6 Å². The summed E-state index contributed by atoms with van der Waals surface area (Å²) in [4.78, 5) is 23.9. The minimum absolute atomic E-state index is 0.0593. The third-order valence-electron chi connectivity index (χ3n) is 3.21. The summed E-state index contributed by atoms with van der Waals surface area (Å²) >= 11 is 5.96. The van der Waals surface area contributed by atoms with E-state index < -0.39 is 12.1 Å². The summed E-state index contributed by atoms with van der Waals surface area (Å²) in [7, 11) is 0.